The predicted octanol–water partition coefficient (Wildman–Crippen LogP) is 3.80. The van der Waals surface area contributed by atoms with Gasteiger partial charge in [-0.2, -0.15) is 0 Å². The molecule has 0 amide bonds. The highest BCUT2D eigenvalue weighted by Gasteiger charge is 2.11. The highest BCUT2D eigenvalue weighted by Crippen LogP contribution is 2.18. The molecule has 1 aliphatic rings. The van der Waals surface area contributed by atoms with Crippen molar-refractivity contribution < 1.29 is 4.74 Å². The Kier molecular flexibility index (Phi) is 5.09. The van der Waals surface area contributed by atoms with Gasteiger partial charge in [-0.1, -0.05) is 54.1 Å². The van der Waals surface area contributed by atoms with Gasteiger partial charge in [-0.15, -0.1) is 0 Å². The van der Waals surface area contributed by atoms with Crippen molar-refractivity contribution in [3.05, 3.63) is 70.2 Å². The second-order valence-corrected chi connectivity index (χ2v) is 5.66. The fourth-order valence-electron chi connectivity index (χ4n) is 2.48. The number of benzene rings is 2. The second kappa shape index (κ2) is 7.43. The number of ether oxygens (including phenoxy) is 1. The Hall–Kier alpha value is -1.84. The summed E-state index contributed by atoms with van der Waals surface area (Å²) in [6, 6.07) is 16.0. The summed E-state index contributed by atoms with van der Waals surface area (Å²) in [5, 5.41) is 4.11. The summed E-state index contributed by atoms with van der Waals surface area (Å²) in [6.45, 7) is 2.92. The Balaban J connectivity index is 1.68. The monoisotopic (exact) mass is 314 g/mol. The van der Waals surface area contributed by atoms with Crippen LogP contribution < -0.4 is 5.32 Å². The van der Waals surface area contributed by atoms with E-state index in [1.165, 1.54) is 0 Å². The normalized spacial score (nSPS) is 14.3. The molecule has 0 aliphatic carbocycles. The van der Waals surface area contributed by atoms with Crippen molar-refractivity contribution in [1.82, 2.24) is 5.32 Å². The van der Waals surface area contributed by atoms with Crippen LogP contribution in [0.15, 0.2) is 53.5 Å². The van der Waals surface area contributed by atoms with Crippen molar-refractivity contribution in [2.45, 2.75) is 19.6 Å². The van der Waals surface area contributed by atoms with Crippen LogP contribution in [0, 0.1) is 0 Å². The molecule has 0 aromatic heterocycles. The maximum absolute atomic E-state index is 6.15. The van der Waals surface area contributed by atoms with Crippen LogP contribution in [0.4, 0.5) is 0 Å². The Labute approximate surface area is 136 Å². The van der Waals surface area contributed by atoms with E-state index in [1.807, 2.05) is 36.4 Å². The molecule has 0 unspecified atom stereocenters. The predicted molar refractivity (Wildman–Crippen MR) is 90.4 cm³/mol. The Bertz CT molecular complexity index is 670. The number of amidine groups is 1. The van der Waals surface area contributed by atoms with Crippen molar-refractivity contribution in [2.75, 3.05) is 13.1 Å². The molecule has 4 heteroatoms. The lowest BCUT2D eigenvalue weighted by atomic mass is 10.1. The van der Waals surface area contributed by atoms with Crippen molar-refractivity contribution in [3.63, 3.8) is 0 Å². The highest BCUT2D eigenvalue weighted by atomic mass is 35.5. The maximum Gasteiger partial charge on any atom is 0.128 e. The standard InChI is InChI=1S/C18H19ClN2O/c19-17-9-4-2-7-15(17)13-22-12-14-6-1-3-8-16(14)18-20-10-5-11-21-18/h1-4,6-9H,5,10-13H2,(H,20,21). The number of hydrogen-bond acceptors (Lipinski definition) is 3. The Morgan fingerprint density at radius 1 is 1.00 bits per heavy atom. The fourth-order valence-corrected chi connectivity index (χ4v) is 2.67. The maximum atomic E-state index is 6.15. The highest BCUT2D eigenvalue weighted by molar-refractivity contribution is 6.31. The molecule has 0 saturated carbocycles. The topological polar surface area (TPSA) is 33.6 Å². The quantitative estimate of drug-likeness (QED) is 0.911. The number of nitrogens with zero attached hydrogens (tertiary/aromatic N) is 1. The van der Waals surface area contributed by atoms with E-state index in [9.17, 15) is 0 Å². The fraction of sp³-hybridized carbons (Fsp3) is 0.278. The van der Waals surface area contributed by atoms with Gasteiger partial charge in [0.05, 0.1) is 13.2 Å². The summed E-state index contributed by atoms with van der Waals surface area (Å²) in [6.07, 6.45) is 1.09. The molecule has 0 fully saturated rings. The summed E-state index contributed by atoms with van der Waals surface area (Å²) < 4.78 is 5.85. The smallest absolute Gasteiger partial charge is 0.128 e. The first kappa shape index (κ1) is 15.1. The molecule has 1 N–H and O–H groups in total. The SMILES string of the molecule is Clc1ccccc1COCc1ccccc1C1=NCCCN1. The third kappa shape index (κ3) is 3.67. The molecule has 0 saturated heterocycles. The van der Waals surface area contributed by atoms with E-state index in [-0.39, 0.29) is 0 Å². The second-order valence-electron chi connectivity index (χ2n) is 5.25. The van der Waals surface area contributed by atoms with Gasteiger partial charge in [0.25, 0.3) is 0 Å². The van der Waals surface area contributed by atoms with Gasteiger partial charge in [-0.25, -0.2) is 0 Å². The van der Waals surface area contributed by atoms with Crippen LogP contribution in [0.1, 0.15) is 23.1 Å². The van der Waals surface area contributed by atoms with Crippen LogP contribution in [0.25, 0.3) is 0 Å². The zero-order chi connectivity index (χ0) is 15.2. The van der Waals surface area contributed by atoms with Crippen LogP contribution in [0.3, 0.4) is 0 Å². The van der Waals surface area contributed by atoms with Crippen LogP contribution in [-0.4, -0.2) is 18.9 Å². The van der Waals surface area contributed by atoms with Gasteiger partial charge in [-0.3, -0.25) is 4.99 Å². The van der Waals surface area contributed by atoms with Crippen LogP contribution in [0.2, 0.25) is 5.02 Å². The van der Waals surface area contributed by atoms with Crippen molar-refractivity contribution in [3.8, 4) is 0 Å². The Morgan fingerprint density at radius 2 is 1.73 bits per heavy atom. The third-order valence-corrected chi connectivity index (χ3v) is 4.01. The Morgan fingerprint density at radius 3 is 2.50 bits per heavy atom. The van der Waals surface area contributed by atoms with Gasteiger partial charge in [0.15, 0.2) is 0 Å². The molecule has 2 aromatic rings. The average Bonchev–Trinajstić information content (AvgIpc) is 2.58. The minimum Gasteiger partial charge on any atom is -0.372 e. The summed E-state index contributed by atoms with van der Waals surface area (Å²) in [7, 11) is 0. The summed E-state index contributed by atoms with van der Waals surface area (Å²) in [4.78, 5) is 4.57. The van der Waals surface area contributed by atoms with E-state index in [0.29, 0.717) is 13.2 Å². The molecule has 0 bridgehead atoms. The lowest BCUT2D eigenvalue weighted by Gasteiger charge is -2.17. The molecular formula is C18H19ClN2O. The van der Waals surface area contributed by atoms with Crippen LogP contribution >= 0.6 is 11.6 Å². The van der Waals surface area contributed by atoms with E-state index in [1.54, 1.807) is 0 Å². The molecule has 0 atom stereocenters. The van der Waals surface area contributed by atoms with Gasteiger partial charge in [0, 0.05) is 23.7 Å². The summed E-state index contributed by atoms with van der Waals surface area (Å²) in [5.41, 5.74) is 3.28. The average molecular weight is 315 g/mol. The number of halogens is 1. The molecular weight excluding hydrogens is 296 g/mol. The summed E-state index contributed by atoms with van der Waals surface area (Å²) >= 11 is 6.15. The molecule has 2 aromatic carbocycles. The minimum absolute atomic E-state index is 0.508. The molecule has 0 spiro atoms. The van der Waals surface area contributed by atoms with Gasteiger partial charge in [0.2, 0.25) is 0 Å². The zero-order valence-corrected chi connectivity index (χ0v) is 13.1. The summed E-state index contributed by atoms with van der Waals surface area (Å²) in [5.74, 6) is 0.975. The molecule has 3 rings (SSSR count). The lowest BCUT2D eigenvalue weighted by Crippen LogP contribution is -2.31. The van der Waals surface area contributed by atoms with E-state index in [0.717, 1.165) is 47.1 Å². The van der Waals surface area contributed by atoms with Crippen molar-refractivity contribution >= 4 is 17.4 Å². The van der Waals surface area contributed by atoms with Crippen molar-refractivity contribution in [2.24, 2.45) is 4.99 Å². The van der Waals surface area contributed by atoms with Gasteiger partial charge in [-0.05, 0) is 23.6 Å². The number of hydrogen-bond donors (Lipinski definition) is 1. The number of nitrogens with one attached hydrogen (secondary N) is 1. The van der Waals surface area contributed by atoms with Gasteiger partial charge >= 0.3 is 0 Å². The minimum atomic E-state index is 0.508. The number of rotatable bonds is 5. The first-order valence-electron chi connectivity index (χ1n) is 7.52. The van der Waals surface area contributed by atoms with Gasteiger partial charge < -0.3 is 10.1 Å². The van der Waals surface area contributed by atoms with Crippen LogP contribution in [-0.2, 0) is 18.0 Å². The van der Waals surface area contributed by atoms with Crippen LogP contribution in [0.5, 0.6) is 0 Å². The van der Waals surface area contributed by atoms with Crippen molar-refractivity contribution in [1.29, 1.82) is 0 Å². The molecule has 114 valence electrons. The van der Waals surface area contributed by atoms with Gasteiger partial charge in [0.1, 0.15) is 5.84 Å². The van der Waals surface area contributed by atoms with E-state index < -0.39 is 0 Å². The molecule has 0 radical (unpaired) electrons. The largest absolute Gasteiger partial charge is 0.372 e. The lowest BCUT2D eigenvalue weighted by molar-refractivity contribution is 0.107. The zero-order valence-electron chi connectivity index (χ0n) is 12.4. The number of aliphatic imine (C=N–C) groups is 1. The first-order chi connectivity index (χ1) is 10.8. The molecule has 22 heavy (non-hydrogen) atoms. The van der Waals surface area contributed by atoms with E-state index in [2.05, 4.69) is 22.4 Å². The third-order valence-electron chi connectivity index (χ3n) is 3.64. The molecule has 1 aliphatic heterocycles. The first-order valence-corrected chi connectivity index (χ1v) is 7.90. The van der Waals surface area contributed by atoms with E-state index in [4.69, 9.17) is 16.3 Å². The molecule has 1 heterocycles. The van der Waals surface area contributed by atoms with E-state index >= 15 is 0 Å². The molecule has 3 nitrogen and oxygen atoms in total.